The van der Waals surface area contributed by atoms with Gasteiger partial charge < -0.3 is 9.47 Å². The van der Waals surface area contributed by atoms with E-state index in [0.717, 1.165) is 0 Å². The molecule has 0 aromatic heterocycles. The summed E-state index contributed by atoms with van der Waals surface area (Å²) in [6.07, 6.45) is 0.464. The Kier molecular flexibility index (Phi) is 3.62. The number of hydrogen-bond donors (Lipinski definition) is 0. The van der Waals surface area contributed by atoms with E-state index in [1.807, 2.05) is 6.07 Å². The molecule has 0 N–H and O–H groups in total. The molecule has 0 saturated heterocycles. The summed E-state index contributed by atoms with van der Waals surface area (Å²) in [4.78, 5) is 22.2. The fraction of sp³-hybridized carbons (Fsp3) is 0.182. The van der Waals surface area contributed by atoms with Gasteiger partial charge in [0.05, 0.1) is 30.9 Å². The van der Waals surface area contributed by atoms with Crippen molar-refractivity contribution in [2.24, 2.45) is 0 Å². The molecule has 0 saturated carbocycles. The summed E-state index contributed by atoms with van der Waals surface area (Å²) in [5.74, 6) is -0.565. The first-order valence-electron chi connectivity index (χ1n) is 4.34. The van der Waals surface area contributed by atoms with E-state index in [-0.39, 0.29) is 22.4 Å². The van der Waals surface area contributed by atoms with Crippen molar-refractivity contribution < 1.29 is 19.1 Å². The molecule has 0 aliphatic heterocycles. The van der Waals surface area contributed by atoms with Gasteiger partial charge in [-0.2, -0.15) is 5.26 Å². The number of nitrogens with zero attached hydrogens (tertiary/aromatic N) is 1. The van der Waals surface area contributed by atoms with E-state index >= 15 is 0 Å². The van der Waals surface area contributed by atoms with Gasteiger partial charge in [0.1, 0.15) is 11.8 Å². The Labute approximate surface area is 92.2 Å². The second-order valence-electron chi connectivity index (χ2n) is 2.83. The number of carbonyl (C=O) groups excluding carboxylic acids is 2. The molecule has 0 aliphatic rings. The zero-order valence-corrected chi connectivity index (χ0v) is 8.81. The third kappa shape index (κ3) is 1.86. The summed E-state index contributed by atoms with van der Waals surface area (Å²) in [6.45, 7) is 0. The van der Waals surface area contributed by atoms with Crippen LogP contribution < -0.4 is 4.74 Å². The fourth-order valence-corrected chi connectivity index (χ4v) is 1.31. The molecule has 0 bridgehead atoms. The lowest BCUT2D eigenvalue weighted by Gasteiger charge is -2.09. The molecule has 16 heavy (non-hydrogen) atoms. The lowest BCUT2D eigenvalue weighted by Crippen LogP contribution is -2.07. The molecule has 0 atom stereocenters. The summed E-state index contributed by atoms with van der Waals surface area (Å²) in [7, 11) is 2.53. The maximum atomic E-state index is 11.3. The Balaban J connectivity index is 3.50. The van der Waals surface area contributed by atoms with E-state index in [9.17, 15) is 9.59 Å². The third-order valence-corrected chi connectivity index (χ3v) is 2.04. The van der Waals surface area contributed by atoms with Gasteiger partial charge >= 0.3 is 5.97 Å². The first-order valence-corrected chi connectivity index (χ1v) is 4.34. The van der Waals surface area contributed by atoms with Crippen LogP contribution >= 0.6 is 0 Å². The van der Waals surface area contributed by atoms with E-state index in [1.54, 1.807) is 0 Å². The molecular weight excluding hydrogens is 210 g/mol. The Morgan fingerprint density at radius 3 is 2.56 bits per heavy atom. The maximum absolute atomic E-state index is 11.3. The zero-order valence-electron chi connectivity index (χ0n) is 8.81. The van der Waals surface area contributed by atoms with Gasteiger partial charge in [-0.05, 0) is 12.1 Å². The highest BCUT2D eigenvalue weighted by Gasteiger charge is 2.18. The second-order valence-corrected chi connectivity index (χ2v) is 2.83. The number of esters is 1. The van der Waals surface area contributed by atoms with Gasteiger partial charge in [-0.1, -0.05) is 0 Å². The SMILES string of the molecule is COC(=O)c1ccc(C#N)c(OC)c1C=O. The van der Waals surface area contributed by atoms with Gasteiger partial charge in [0.15, 0.2) is 6.29 Å². The zero-order chi connectivity index (χ0) is 12.1. The van der Waals surface area contributed by atoms with Crippen molar-refractivity contribution in [1.82, 2.24) is 0 Å². The van der Waals surface area contributed by atoms with Crippen LogP contribution in [-0.2, 0) is 4.74 Å². The molecule has 0 fully saturated rings. The van der Waals surface area contributed by atoms with Crippen molar-refractivity contribution in [3.8, 4) is 11.8 Å². The lowest BCUT2D eigenvalue weighted by molar-refractivity contribution is 0.0598. The van der Waals surface area contributed by atoms with Crippen LogP contribution in [0.4, 0.5) is 0 Å². The summed E-state index contributed by atoms with van der Waals surface area (Å²) in [5, 5.41) is 8.79. The number of carbonyl (C=O) groups is 2. The van der Waals surface area contributed by atoms with Crippen LogP contribution in [0.1, 0.15) is 26.3 Å². The molecule has 0 amide bonds. The van der Waals surface area contributed by atoms with E-state index < -0.39 is 5.97 Å². The standard InChI is InChI=1S/C11H9NO4/c1-15-10-7(5-12)3-4-8(9(10)6-13)11(14)16-2/h3-4,6H,1-2H3. The van der Waals surface area contributed by atoms with E-state index in [0.29, 0.717) is 6.29 Å². The highest BCUT2D eigenvalue weighted by molar-refractivity contribution is 6.00. The summed E-state index contributed by atoms with van der Waals surface area (Å²) >= 11 is 0. The van der Waals surface area contributed by atoms with Crippen molar-refractivity contribution in [2.75, 3.05) is 14.2 Å². The Morgan fingerprint density at radius 1 is 1.44 bits per heavy atom. The molecule has 1 aromatic carbocycles. The largest absolute Gasteiger partial charge is 0.495 e. The molecule has 0 unspecified atom stereocenters. The Hall–Kier alpha value is -2.35. The molecule has 82 valence electrons. The number of rotatable bonds is 3. The minimum absolute atomic E-state index is 0.0217. The number of methoxy groups -OCH3 is 2. The fourth-order valence-electron chi connectivity index (χ4n) is 1.31. The van der Waals surface area contributed by atoms with Crippen LogP contribution in [0.2, 0.25) is 0 Å². The van der Waals surface area contributed by atoms with Crippen LogP contribution in [-0.4, -0.2) is 26.5 Å². The summed E-state index contributed by atoms with van der Waals surface area (Å²) < 4.78 is 9.45. The molecule has 0 spiro atoms. The van der Waals surface area contributed by atoms with Crippen molar-refractivity contribution >= 4 is 12.3 Å². The van der Waals surface area contributed by atoms with Gasteiger partial charge in [-0.15, -0.1) is 0 Å². The molecule has 1 aromatic rings. The highest BCUT2D eigenvalue weighted by atomic mass is 16.5. The van der Waals surface area contributed by atoms with Crippen molar-refractivity contribution in [1.29, 1.82) is 5.26 Å². The Morgan fingerprint density at radius 2 is 2.12 bits per heavy atom. The van der Waals surface area contributed by atoms with Crippen molar-refractivity contribution in [3.63, 3.8) is 0 Å². The minimum Gasteiger partial charge on any atom is -0.495 e. The highest BCUT2D eigenvalue weighted by Crippen LogP contribution is 2.25. The lowest BCUT2D eigenvalue weighted by atomic mass is 10.0. The molecule has 5 nitrogen and oxygen atoms in total. The summed E-state index contributed by atoms with van der Waals surface area (Å²) in [5.41, 5.74) is 0.291. The second kappa shape index (κ2) is 4.94. The van der Waals surface area contributed by atoms with Gasteiger partial charge in [-0.3, -0.25) is 4.79 Å². The third-order valence-electron chi connectivity index (χ3n) is 2.04. The average molecular weight is 219 g/mol. The number of aldehydes is 1. The quantitative estimate of drug-likeness (QED) is 0.563. The van der Waals surface area contributed by atoms with E-state index in [4.69, 9.17) is 10.00 Å². The minimum atomic E-state index is -0.648. The van der Waals surface area contributed by atoms with E-state index in [2.05, 4.69) is 4.74 Å². The predicted molar refractivity (Wildman–Crippen MR) is 54.4 cm³/mol. The monoisotopic (exact) mass is 219 g/mol. The van der Waals surface area contributed by atoms with Crippen LogP contribution in [0, 0.1) is 11.3 Å². The van der Waals surface area contributed by atoms with Gasteiger partial charge in [-0.25, -0.2) is 4.79 Å². The first kappa shape index (κ1) is 11.7. The van der Waals surface area contributed by atoms with Gasteiger partial charge in [0.25, 0.3) is 0 Å². The molecule has 0 heterocycles. The molecule has 0 aliphatic carbocycles. The average Bonchev–Trinajstić information content (AvgIpc) is 2.35. The maximum Gasteiger partial charge on any atom is 0.338 e. The molecule has 5 heteroatoms. The molecular formula is C11H9NO4. The van der Waals surface area contributed by atoms with Crippen molar-refractivity contribution in [2.45, 2.75) is 0 Å². The van der Waals surface area contributed by atoms with E-state index in [1.165, 1.54) is 26.4 Å². The number of benzene rings is 1. The first-order chi connectivity index (χ1) is 7.69. The van der Waals surface area contributed by atoms with Crippen LogP contribution in [0.15, 0.2) is 12.1 Å². The smallest absolute Gasteiger partial charge is 0.338 e. The van der Waals surface area contributed by atoms with Gasteiger partial charge in [0.2, 0.25) is 0 Å². The number of ether oxygens (including phenoxy) is 2. The van der Waals surface area contributed by atoms with Crippen LogP contribution in [0.25, 0.3) is 0 Å². The normalized spacial score (nSPS) is 9.06. The van der Waals surface area contributed by atoms with Crippen molar-refractivity contribution in [3.05, 3.63) is 28.8 Å². The number of hydrogen-bond acceptors (Lipinski definition) is 5. The van der Waals surface area contributed by atoms with Crippen LogP contribution in [0.5, 0.6) is 5.75 Å². The predicted octanol–water partition coefficient (Wildman–Crippen LogP) is 1.17. The summed E-state index contributed by atoms with van der Waals surface area (Å²) in [6, 6.07) is 4.63. The Bertz CT molecular complexity index is 474. The van der Waals surface area contributed by atoms with Gasteiger partial charge in [0, 0.05) is 0 Å². The number of nitriles is 1. The molecule has 1 rings (SSSR count). The molecule has 0 radical (unpaired) electrons. The van der Waals surface area contributed by atoms with Crippen LogP contribution in [0.3, 0.4) is 0 Å². The topological polar surface area (TPSA) is 76.4 Å².